The highest BCUT2D eigenvalue weighted by atomic mass is 35.5. The van der Waals surface area contributed by atoms with Crippen LogP contribution in [-0.4, -0.2) is 29.5 Å². The second kappa shape index (κ2) is 5.98. The first-order valence-corrected chi connectivity index (χ1v) is 4.84. The molecule has 4 heteroatoms. The Balaban J connectivity index is 2.28. The van der Waals surface area contributed by atoms with Gasteiger partial charge in [-0.2, -0.15) is 0 Å². The van der Waals surface area contributed by atoms with Gasteiger partial charge in [0.2, 0.25) is 0 Å². The number of hydrogen-bond donors (Lipinski definition) is 3. The second-order valence-electron chi connectivity index (χ2n) is 3.09. The molecule has 0 aliphatic rings. The summed E-state index contributed by atoms with van der Waals surface area (Å²) in [5, 5.41) is 21.3. The van der Waals surface area contributed by atoms with Crippen molar-refractivity contribution < 1.29 is 10.2 Å². The quantitative estimate of drug-likeness (QED) is 0.681. The molecule has 0 aliphatic carbocycles. The topological polar surface area (TPSA) is 52.5 Å². The molecule has 0 fully saturated rings. The summed E-state index contributed by atoms with van der Waals surface area (Å²) in [7, 11) is 0. The van der Waals surface area contributed by atoms with E-state index in [1.165, 1.54) is 0 Å². The number of halogens is 1. The zero-order chi connectivity index (χ0) is 10.4. The van der Waals surface area contributed by atoms with Gasteiger partial charge in [-0.05, 0) is 17.7 Å². The molecule has 0 saturated heterocycles. The molecule has 14 heavy (non-hydrogen) atoms. The van der Waals surface area contributed by atoms with E-state index in [9.17, 15) is 0 Å². The van der Waals surface area contributed by atoms with Crippen LogP contribution in [0.3, 0.4) is 0 Å². The SMILES string of the molecule is OCC(O)CNCc1ccc(Cl)cc1. The number of rotatable bonds is 5. The minimum atomic E-state index is -0.692. The maximum atomic E-state index is 9.05. The first-order chi connectivity index (χ1) is 6.72. The predicted molar refractivity (Wildman–Crippen MR) is 56.3 cm³/mol. The van der Waals surface area contributed by atoms with Crippen LogP contribution in [0.5, 0.6) is 0 Å². The highest BCUT2D eigenvalue weighted by Gasteiger charge is 2.00. The predicted octanol–water partition coefficient (Wildman–Crippen LogP) is 0.783. The summed E-state index contributed by atoms with van der Waals surface area (Å²) >= 11 is 5.73. The first kappa shape index (κ1) is 11.5. The second-order valence-corrected chi connectivity index (χ2v) is 3.53. The van der Waals surface area contributed by atoms with Gasteiger partial charge >= 0.3 is 0 Å². The molecule has 0 spiro atoms. The van der Waals surface area contributed by atoms with Crippen LogP contribution in [0.1, 0.15) is 5.56 Å². The number of benzene rings is 1. The fourth-order valence-corrected chi connectivity index (χ4v) is 1.18. The number of aliphatic hydroxyl groups is 2. The highest BCUT2D eigenvalue weighted by molar-refractivity contribution is 6.30. The van der Waals surface area contributed by atoms with Gasteiger partial charge in [0.05, 0.1) is 12.7 Å². The molecule has 0 amide bonds. The van der Waals surface area contributed by atoms with Gasteiger partial charge in [-0.25, -0.2) is 0 Å². The Morgan fingerprint density at radius 1 is 1.29 bits per heavy atom. The van der Waals surface area contributed by atoms with Crippen LogP contribution in [0, 0.1) is 0 Å². The molecule has 0 aromatic heterocycles. The Kier molecular flexibility index (Phi) is 4.90. The summed E-state index contributed by atoms with van der Waals surface area (Å²) in [5.41, 5.74) is 1.10. The van der Waals surface area contributed by atoms with Crippen LogP contribution in [0.15, 0.2) is 24.3 Å². The lowest BCUT2D eigenvalue weighted by atomic mass is 10.2. The molecule has 1 atom stereocenters. The van der Waals surface area contributed by atoms with Gasteiger partial charge in [0.15, 0.2) is 0 Å². The smallest absolute Gasteiger partial charge is 0.0895 e. The van der Waals surface area contributed by atoms with Gasteiger partial charge in [-0.3, -0.25) is 0 Å². The third-order valence-electron chi connectivity index (χ3n) is 1.83. The van der Waals surface area contributed by atoms with Crippen LogP contribution in [-0.2, 0) is 6.54 Å². The van der Waals surface area contributed by atoms with E-state index in [0.717, 1.165) is 5.56 Å². The van der Waals surface area contributed by atoms with Crippen LogP contribution in [0.2, 0.25) is 5.02 Å². The van der Waals surface area contributed by atoms with Crippen molar-refractivity contribution in [2.75, 3.05) is 13.2 Å². The molecule has 0 heterocycles. The summed E-state index contributed by atoms with van der Waals surface area (Å²) in [6.45, 7) is 0.834. The monoisotopic (exact) mass is 215 g/mol. The minimum absolute atomic E-state index is 0.215. The maximum absolute atomic E-state index is 9.05. The Bertz CT molecular complexity index is 263. The lowest BCUT2D eigenvalue weighted by Crippen LogP contribution is -2.28. The van der Waals surface area contributed by atoms with Gasteiger partial charge in [-0.15, -0.1) is 0 Å². The molecule has 1 aromatic carbocycles. The standard InChI is InChI=1S/C10H14ClNO2/c11-9-3-1-8(2-4-9)5-12-6-10(14)7-13/h1-4,10,12-14H,5-7H2. The van der Waals surface area contributed by atoms with Crippen LogP contribution in [0.25, 0.3) is 0 Å². The van der Waals surface area contributed by atoms with E-state index in [4.69, 9.17) is 21.8 Å². The maximum Gasteiger partial charge on any atom is 0.0895 e. The number of nitrogens with one attached hydrogen (secondary N) is 1. The largest absolute Gasteiger partial charge is 0.394 e. The third kappa shape index (κ3) is 4.07. The van der Waals surface area contributed by atoms with Crippen molar-refractivity contribution in [3.05, 3.63) is 34.9 Å². The normalized spacial score (nSPS) is 12.8. The molecular formula is C10H14ClNO2. The molecule has 3 nitrogen and oxygen atoms in total. The third-order valence-corrected chi connectivity index (χ3v) is 2.09. The average Bonchev–Trinajstić information content (AvgIpc) is 2.21. The van der Waals surface area contributed by atoms with Gasteiger partial charge in [-0.1, -0.05) is 23.7 Å². The fourth-order valence-electron chi connectivity index (χ4n) is 1.05. The molecule has 1 rings (SSSR count). The van der Waals surface area contributed by atoms with E-state index in [0.29, 0.717) is 18.1 Å². The molecular weight excluding hydrogens is 202 g/mol. The van der Waals surface area contributed by atoms with Crippen molar-refractivity contribution in [1.29, 1.82) is 0 Å². The van der Waals surface area contributed by atoms with Crippen LogP contribution < -0.4 is 5.32 Å². The summed E-state index contributed by atoms with van der Waals surface area (Å²) in [6, 6.07) is 7.48. The van der Waals surface area contributed by atoms with Gasteiger partial charge in [0, 0.05) is 18.1 Å². The Morgan fingerprint density at radius 2 is 1.93 bits per heavy atom. The Hall–Kier alpha value is -0.610. The molecule has 0 saturated carbocycles. The van der Waals surface area contributed by atoms with Crippen molar-refractivity contribution in [1.82, 2.24) is 5.32 Å². The molecule has 1 unspecified atom stereocenters. The summed E-state index contributed by atoms with van der Waals surface area (Å²) < 4.78 is 0. The van der Waals surface area contributed by atoms with E-state index in [2.05, 4.69) is 5.32 Å². The van der Waals surface area contributed by atoms with E-state index >= 15 is 0 Å². The summed E-state index contributed by atoms with van der Waals surface area (Å²) in [4.78, 5) is 0. The number of hydrogen-bond acceptors (Lipinski definition) is 3. The lowest BCUT2D eigenvalue weighted by molar-refractivity contribution is 0.0942. The summed E-state index contributed by atoms with van der Waals surface area (Å²) in [5.74, 6) is 0. The zero-order valence-corrected chi connectivity index (χ0v) is 8.54. The molecule has 0 radical (unpaired) electrons. The fraction of sp³-hybridized carbons (Fsp3) is 0.400. The molecule has 0 bridgehead atoms. The number of aliphatic hydroxyl groups excluding tert-OH is 2. The van der Waals surface area contributed by atoms with Crippen molar-refractivity contribution >= 4 is 11.6 Å². The Morgan fingerprint density at radius 3 is 2.50 bits per heavy atom. The molecule has 78 valence electrons. The van der Waals surface area contributed by atoms with E-state index in [1.54, 1.807) is 0 Å². The van der Waals surface area contributed by atoms with Gasteiger partial charge < -0.3 is 15.5 Å². The Labute approximate surface area is 88.3 Å². The molecule has 0 aliphatic heterocycles. The average molecular weight is 216 g/mol. The van der Waals surface area contributed by atoms with Crippen molar-refractivity contribution in [2.24, 2.45) is 0 Å². The van der Waals surface area contributed by atoms with E-state index < -0.39 is 6.10 Å². The summed E-state index contributed by atoms with van der Waals surface area (Å²) in [6.07, 6.45) is -0.692. The molecule has 1 aromatic rings. The lowest BCUT2D eigenvalue weighted by Gasteiger charge is -2.08. The van der Waals surface area contributed by atoms with E-state index in [1.807, 2.05) is 24.3 Å². The zero-order valence-electron chi connectivity index (χ0n) is 7.78. The van der Waals surface area contributed by atoms with Gasteiger partial charge in [0.25, 0.3) is 0 Å². The van der Waals surface area contributed by atoms with Crippen molar-refractivity contribution in [2.45, 2.75) is 12.6 Å². The van der Waals surface area contributed by atoms with Crippen molar-refractivity contribution in [3.63, 3.8) is 0 Å². The van der Waals surface area contributed by atoms with E-state index in [-0.39, 0.29) is 6.61 Å². The van der Waals surface area contributed by atoms with Crippen LogP contribution in [0.4, 0.5) is 0 Å². The molecule has 3 N–H and O–H groups in total. The van der Waals surface area contributed by atoms with Crippen molar-refractivity contribution in [3.8, 4) is 0 Å². The van der Waals surface area contributed by atoms with Gasteiger partial charge in [0.1, 0.15) is 0 Å². The first-order valence-electron chi connectivity index (χ1n) is 4.46. The minimum Gasteiger partial charge on any atom is -0.394 e. The van der Waals surface area contributed by atoms with Crippen LogP contribution >= 0.6 is 11.6 Å². The highest BCUT2D eigenvalue weighted by Crippen LogP contribution is 2.08.